The van der Waals surface area contributed by atoms with Gasteiger partial charge in [-0.2, -0.15) is 4.98 Å². The Morgan fingerprint density at radius 3 is 2.58 bits per heavy atom. The number of benzene rings is 1. The molecule has 0 saturated heterocycles. The largest absolute Gasteiger partial charge is 0.478 e. The predicted molar refractivity (Wildman–Crippen MR) is 115 cm³/mol. The summed E-state index contributed by atoms with van der Waals surface area (Å²) in [6.45, 7) is 2.29. The molecular weight excluding hydrogens is 423 g/mol. The van der Waals surface area contributed by atoms with Crippen molar-refractivity contribution in [2.45, 2.75) is 38.5 Å². The standard InChI is InChI=1S/C22H23FN2O5S/c1-13-6-4-3-5-11-25(31(2,28)29)20-16(13)12-17-18(22(26)27)19(30-21(17)24-20)14-7-9-15(23)10-8-14/h7-10,12-13H,3-6,11H2,1-2H3,(H,26,27). The van der Waals surface area contributed by atoms with Crippen LogP contribution in [-0.4, -0.2) is 37.3 Å². The van der Waals surface area contributed by atoms with Gasteiger partial charge in [-0.1, -0.05) is 19.8 Å². The predicted octanol–water partition coefficient (Wildman–Crippen LogP) is 4.78. The van der Waals surface area contributed by atoms with Gasteiger partial charge < -0.3 is 9.52 Å². The van der Waals surface area contributed by atoms with E-state index in [1.165, 1.54) is 28.6 Å². The monoisotopic (exact) mass is 446 g/mol. The van der Waals surface area contributed by atoms with Crippen LogP contribution in [0.25, 0.3) is 22.4 Å². The lowest BCUT2D eigenvalue weighted by Crippen LogP contribution is -2.32. The number of aromatic carboxylic acids is 1. The molecule has 1 aromatic carbocycles. The van der Waals surface area contributed by atoms with E-state index in [4.69, 9.17) is 4.42 Å². The number of carboxylic acids is 1. The number of pyridine rings is 1. The van der Waals surface area contributed by atoms with Crippen LogP contribution in [0.5, 0.6) is 0 Å². The Morgan fingerprint density at radius 1 is 1.23 bits per heavy atom. The topological polar surface area (TPSA) is 101 Å². The summed E-state index contributed by atoms with van der Waals surface area (Å²) in [7, 11) is -3.59. The average Bonchev–Trinajstić information content (AvgIpc) is 3.09. The number of nitrogens with zero attached hydrogens (tertiary/aromatic N) is 2. The molecule has 0 fully saturated rings. The molecule has 31 heavy (non-hydrogen) atoms. The van der Waals surface area contributed by atoms with Crippen LogP contribution in [0.1, 0.15) is 54.4 Å². The quantitative estimate of drug-likeness (QED) is 0.622. The van der Waals surface area contributed by atoms with Gasteiger partial charge in [-0.15, -0.1) is 0 Å². The Labute approximate surface area is 179 Å². The second-order valence-corrected chi connectivity index (χ2v) is 9.86. The zero-order valence-electron chi connectivity index (χ0n) is 17.3. The van der Waals surface area contributed by atoms with Gasteiger partial charge in [0.1, 0.15) is 17.2 Å². The Bertz CT molecular complexity index is 1250. The van der Waals surface area contributed by atoms with E-state index in [0.717, 1.165) is 25.5 Å². The molecule has 1 atom stereocenters. The maximum atomic E-state index is 13.4. The molecule has 0 radical (unpaired) electrons. The molecule has 1 aliphatic rings. The maximum Gasteiger partial charge on any atom is 0.340 e. The zero-order chi connectivity index (χ0) is 22.3. The van der Waals surface area contributed by atoms with Gasteiger partial charge in [-0.3, -0.25) is 4.31 Å². The molecule has 1 unspecified atom stereocenters. The number of hydrogen-bond acceptors (Lipinski definition) is 5. The first-order valence-electron chi connectivity index (χ1n) is 10.1. The molecular formula is C22H23FN2O5S. The van der Waals surface area contributed by atoms with Gasteiger partial charge in [-0.25, -0.2) is 17.6 Å². The number of halogens is 1. The van der Waals surface area contributed by atoms with E-state index in [1.54, 1.807) is 6.07 Å². The smallest absolute Gasteiger partial charge is 0.340 e. The summed E-state index contributed by atoms with van der Waals surface area (Å²) in [5, 5.41) is 10.2. The van der Waals surface area contributed by atoms with Crippen molar-refractivity contribution < 1.29 is 27.1 Å². The number of furan rings is 1. The van der Waals surface area contributed by atoms with Gasteiger partial charge in [0.15, 0.2) is 5.76 Å². The second-order valence-electron chi connectivity index (χ2n) is 7.96. The Morgan fingerprint density at radius 2 is 1.94 bits per heavy atom. The minimum absolute atomic E-state index is 0.0138. The molecule has 4 rings (SSSR count). The van der Waals surface area contributed by atoms with E-state index in [0.29, 0.717) is 29.5 Å². The molecule has 164 valence electrons. The van der Waals surface area contributed by atoms with E-state index in [9.17, 15) is 22.7 Å². The number of carboxylic acid groups (broad SMARTS) is 1. The summed E-state index contributed by atoms with van der Waals surface area (Å²) in [6.07, 6.45) is 4.52. The van der Waals surface area contributed by atoms with Crippen LogP contribution in [0.3, 0.4) is 0 Å². The molecule has 0 aliphatic carbocycles. The normalized spacial score (nSPS) is 17.6. The number of sulfonamides is 1. The number of fused-ring (bicyclic) bond motifs is 2. The first kappa shape index (κ1) is 21.3. The van der Waals surface area contributed by atoms with Gasteiger partial charge in [0.25, 0.3) is 0 Å². The summed E-state index contributed by atoms with van der Waals surface area (Å²) >= 11 is 0. The molecule has 0 saturated carbocycles. The minimum Gasteiger partial charge on any atom is -0.478 e. The van der Waals surface area contributed by atoms with E-state index in [1.807, 2.05) is 6.92 Å². The lowest BCUT2D eigenvalue weighted by atomic mass is 9.94. The lowest BCUT2D eigenvalue weighted by Gasteiger charge is -2.24. The van der Waals surface area contributed by atoms with Gasteiger partial charge in [0.05, 0.1) is 11.6 Å². The molecule has 7 nitrogen and oxygen atoms in total. The third kappa shape index (κ3) is 4.01. The summed E-state index contributed by atoms with van der Waals surface area (Å²) in [4.78, 5) is 16.6. The van der Waals surface area contributed by atoms with E-state index < -0.39 is 21.8 Å². The van der Waals surface area contributed by atoms with Crippen molar-refractivity contribution in [2.75, 3.05) is 17.1 Å². The summed E-state index contributed by atoms with van der Waals surface area (Å²) < 4.78 is 45.5. The highest BCUT2D eigenvalue weighted by Crippen LogP contribution is 2.39. The fourth-order valence-electron chi connectivity index (χ4n) is 4.08. The first-order valence-corrected chi connectivity index (χ1v) is 12.0. The summed E-state index contributed by atoms with van der Waals surface area (Å²) in [5.41, 5.74) is 1.04. The average molecular weight is 447 g/mol. The van der Waals surface area contributed by atoms with Crippen LogP contribution in [-0.2, 0) is 10.0 Å². The van der Waals surface area contributed by atoms with Gasteiger partial charge in [0, 0.05) is 12.1 Å². The third-order valence-electron chi connectivity index (χ3n) is 5.68. The van der Waals surface area contributed by atoms with E-state index >= 15 is 0 Å². The number of aromatic nitrogens is 1. The lowest BCUT2D eigenvalue weighted by molar-refractivity contribution is 0.0699. The van der Waals surface area contributed by atoms with Crippen LogP contribution in [0.15, 0.2) is 34.7 Å². The summed E-state index contributed by atoms with van der Waals surface area (Å²) in [5.74, 6) is -1.33. The van der Waals surface area contributed by atoms with Gasteiger partial charge in [-0.05, 0) is 54.7 Å². The van der Waals surface area contributed by atoms with Crippen LogP contribution in [0.2, 0.25) is 0 Å². The SMILES string of the molecule is CC1CCCCCN(S(C)(=O)=O)c2nc3oc(-c4ccc(F)cc4)c(C(=O)O)c3cc21. The third-order valence-corrected chi connectivity index (χ3v) is 6.83. The van der Waals surface area contributed by atoms with E-state index in [2.05, 4.69) is 4.98 Å². The van der Waals surface area contributed by atoms with Gasteiger partial charge >= 0.3 is 5.97 Å². The fraction of sp³-hybridized carbons (Fsp3) is 0.364. The van der Waals surface area contributed by atoms with Gasteiger partial charge in [0.2, 0.25) is 15.7 Å². The molecule has 1 N–H and O–H groups in total. The van der Waals surface area contributed by atoms with Crippen molar-refractivity contribution in [3.05, 3.63) is 47.3 Å². The maximum absolute atomic E-state index is 13.4. The zero-order valence-corrected chi connectivity index (χ0v) is 18.1. The molecule has 1 aliphatic heterocycles. The number of anilines is 1. The molecule has 0 spiro atoms. The van der Waals surface area contributed by atoms with Crippen molar-refractivity contribution in [1.29, 1.82) is 0 Å². The Kier molecular flexibility index (Phi) is 5.47. The Hall–Kier alpha value is -2.94. The highest BCUT2D eigenvalue weighted by Gasteiger charge is 2.30. The molecule has 2 aromatic heterocycles. The highest BCUT2D eigenvalue weighted by molar-refractivity contribution is 7.92. The van der Waals surface area contributed by atoms with Crippen LogP contribution >= 0.6 is 0 Å². The van der Waals surface area contributed by atoms with Crippen LogP contribution in [0.4, 0.5) is 10.2 Å². The molecule has 0 bridgehead atoms. The highest BCUT2D eigenvalue weighted by atomic mass is 32.2. The fourth-order valence-corrected chi connectivity index (χ4v) is 5.00. The molecule has 9 heteroatoms. The number of rotatable bonds is 3. The van der Waals surface area contributed by atoms with Crippen molar-refractivity contribution in [2.24, 2.45) is 0 Å². The number of carbonyl (C=O) groups is 1. The van der Waals surface area contributed by atoms with Crippen LogP contribution < -0.4 is 4.31 Å². The minimum atomic E-state index is -3.59. The molecule has 0 amide bonds. The van der Waals surface area contributed by atoms with E-state index in [-0.39, 0.29) is 28.8 Å². The second kappa shape index (κ2) is 7.96. The van der Waals surface area contributed by atoms with Crippen molar-refractivity contribution in [3.8, 4) is 11.3 Å². The number of hydrogen-bond donors (Lipinski definition) is 1. The van der Waals surface area contributed by atoms with Crippen molar-refractivity contribution >= 4 is 32.9 Å². The molecule has 3 heterocycles. The Balaban J connectivity index is 2.01. The van der Waals surface area contributed by atoms with Crippen molar-refractivity contribution in [1.82, 2.24) is 4.98 Å². The van der Waals surface area contributed by atoms with Crippen molar-refractivity contribution in [3.63, 3.8) is 0 Å². The first-order chi connectivity index (χ1) is 14.7. The van der Waals surface area contributed by atoms with Crippen LogP contribution in [0, 0.1) is 5.82 Å². The molecule has 3 aromatic rings. The summed E-state index contributed by atoms with van der Waals surface area (Å²) in [6, 6.07) is 7.00.